The summed E-state index contributed by atoms with van der Waals surface area (Å²) >= 11 is 1.25. The van der Waals surface area contributed by atoms with E-state index in [4.69, 9.17) is 5.11 Å². The normalized spacial score (nSPS) is 19.2. The lowest BCUT2D eigenvalue weighted by atomic mass is 10.3. The van der Waals surface area contributed by atoms with Crippen molar-refractivity contribution in [2.75, 3.05) is 17.8 Å². The lowest BCUT2D eigenvalue weighted by molar-refractivity contribution is -0.136. The molecule has 6 heteroatoms. The largest absolute Gasteiger partial charge is 0.480 e. The number of hydrogen-bond acceptors (Lipinski definition) is 4. The van der Waals surface area contributed by atoms with Gasteiger partial charge in [0.1, 0.15) is 15.1 Å². The molecule has 14 heavy (non-hydrogen) atoms. The second-order valence-electron chi connectivity index (χ2n) is 3.60. The van der Waals surface area contributed by atoms with E-state index < -0.39 is 21.1 Å². The predicted octanol–water partition coefficient (Wildman–Crippen LogP) is 0.627. The summed E-state index contributed by atoms with van der Waals surface area (Å²) in [7, 11) is -2.96. The van der Waals surface area contributed by atoms with Crippen LogP contribution in [0.15, 0.2) is 0 Å². The molecule has 0 aromatic carbocycles. The predicted molar refractivity (Wildman–Crippen MR) is 56.3 cm³/mol. The van der Waals surface area contributed by atoms with Crippen LogP contribution in [0.25, 0.3) is 0 Å². The number of carboxylic acid groups (broad SMARTS) is 1. The van der Waals surface area contributed by atoms with Crippen LogP contribution in [0.2, 0.25) is 0 Å². The lowest BCUT2D eigenvalue weighted by Gasteiger charge is -2.09. The number of carbonyl (C=O) groups is 1. The molecular weight excluding hydrogens is 224 g/mol. The first-order chi connectivity index (χ1) is 6.40. The summed E-state index contributed by atoms with van der Waals surface area (Å²) in [5, 5.41) is 8.44. The van der Waals surface area contributed by atoms with Crippen LogP contribution < -0.4 is 0 Å². The van der Waals surface area contributed by atoms with E-state index in [2.05, 4.69) is 0 Å². The van der Waals surface area contributed by atoms with Gasteiger partial charge in [0.2, 0.25) is 0 Å². The Hall–Kier alpha value is -0.230. The van der Waals surface area contributed by atoms with Crippen molar-refractivity contribution in [1.82, 2.24) is 0 Å². The molecule has 82 valence electrons. The Morgan fingerprint density at radius 2 is 2.14 bits per heavy atom. The maximum atomic E-state index is 10.8. The summed E-state index contributed by atoms with van der Waals surface area (Å²) in [5.74, 6) is -0.108. The number of rotatable bonds is 6. The zero-order chi connectivity index (χ0) is 10.8. The van der Waals surface area contributed by atoms with Gasteiger partial charge in [-0.2, -0.15) is 0 Å². The number of aliphatic carboxylic acids is 1. The van der Waals surface area contributed by atoms with Crippen LogP contribution in [0.4, 0.5) is 0 Å². The Bertz CT molecular complexity index is 305. The van der Waals surface area contributed by atoms with E-state index in [0.717, 1.165) is 12.8 Å². The molecule has 0 heterocycles. The Morgan fingerprint density at radius 1 is 1.57 bits per heavy atom. The van der Waals surface area contributed by atoms with Crippen LogP contribution >= 0.6 is 11.8 Å². The SMILES string of the molecule is CS(=O)(=O)CCSC(C(=O)O)C1CC1. The average molecular weight is 238 g/mol. The molecule has 1 N–H and O–H groups in total. The minimum atomic E-state index is -2.96. The summed E-state index contributed by atoms with van der Waals surface area (Å²) in [6.45, 7) is 0. The van der Waals surface area contributed by atoms with Crippen molar-refractivity contribution in [2.24, 2.45) is 5.92 Å². The van der Waals surface area contributed by atoms with Gasteiger partial charge in [-0.25, -0.2) is 8.42 Å². The van der Waals surface area contributed by atoms with Gasteiger partial charge in [-0.05, 0) is 18.8 Å². The first-order valence-corrected chi connectivity index (χ1v) is 7.53. The molecule has 0 aliphatic heterocycles. The smallest absolute Gasteiger partial charge is 0.316 e. The van der Waals surface area contributed by atoms with Crippen LogP contribution in [-0.2, 0) is 14.6 Å². The second-order valence-corrected chi connectivity index (χ2v) is 7.11. The van der Waals surface area contributed by atoms with Gasteiger partial charge in [0.25, 0.3) is 0 Å². The van der Waals surface area contributed by atoms with Crippen molar-refractivity contribution in [1.29, 1.82) is 0 Å². The molecule has 1 rings (SSSR count). The first-order valence-electron chi connectivity index (χ1n) is 4.42. The minimum Gasteiger partial charge on any atom is -0.480 e. The van der Waals surface area contributed by atoms with Gasteiger partial charge in [0.15, 0.2) is 0 Å². The molecule has 0 radical (unpaired) electrons. The van der Waals surface area contributed by atoms with E-state index in [0.29, 0.717) is 5.75 Å². The molecule has 0 saturated heterocycles. The average Bonchev–Trinajstić information content (AvgIpc) is 2.77. The van der Waals surface area contributed by atoms with Crippen molar-refractivity contribution >= 4 is 27.6 Å². The van der Waals surface area contributed by atoms with E-state index in [1.807, 2.05) is 0 Å². The maximum Gasteiger partial charge on any atom is 0.316 e. The van der Waals surface area contributed by atoms with Crippen LogP contribution in [0.1, 0.15) is 12.8 Å². The van der Waals surface area contributed by atoms with E-state index in [9.17, 15) is 13.2 Å². The Kier molecular flexibility index (Phi) is 3.83. The van der Waals surface area contributed by atoms with E-state index in [-0.39, 0.29) is 11.7 Å². The highest BCUT2D eigenvalue weighted by Crippen LogP contribution is 2.39. The summed E-state index contributed by atoms with van der Waals surface area (Å²) in [6, 6.07) is 0. The van der Waals surface area contributed by atoms with Gasteiger partial charge in [-0.3, -0.25) is 4.79 Å². The van der Waals surface area contributed by atoms with Gasteiger partial charge >= 0.3 is 5.97 Å². The van der Waals surface area contributed by atoms with Crippen LogP contribution in [0.3, 0.4) is 0 Å². The lowest BCUT2D eigenvalue weighted by Crippen LogP contribution is -2.20. The third-order valence-electron chi connectivity index (χ3n) is 2.05. The number of sulfone groups is 1. The summed E-state index contributed by atoms with van der Waals surface area (Å²) in [6.07, 6.45) is 3.09. The molecule has 1 saturated carbocycles. The highest BCUT2D eigenvalue weighted by molar-refractivity contribution is 8.01. The van der Waals surface area contributed by atoms with Crippen molar-refractivity contribution < 1.29 is 18.3 Å². The van der Waals surface area contributed by atoms with Crippen molar-refractivity contribution in [3.8, 4) is 0 Å². The molecule has 4 nitrogen and oxygen atoms in total. The summed E-state index contributed by atoms with van der Waals surface area (Å²) < 4.78 is 21.6. The van der Waals surface area contributed by atoms with Gasteiger partial charge in [0.05, 0.1) is 5.75 Å². The molecule has 1 aliphatic rings. The van der Waals surface area contributed by atoms with Crippen molar-refractivity contribution in [2.45, 2.75) is 18.1 Å². The zero-order valence-corrected chi connectivity index (χ0v) is 9.60. The Labute approximate surface area is 88.0 Å². The third kappa shape index (κ3) is 4.32. The molecule has 0 bridgehead atoms. The topological polar surface area (TPSA) is 71.4 Å². The number of hydrogen-bond donors (Lipinski definition) is 1. The molecule has 0 amide bonds. The fourth-order valence-electron chi connectivity index (χ4n) is 1.13. The fourth-order valence-corrected chi connectivity index (χ4v) is 3.67. The molecular formula is C8H14O4S2. The second kappa shape index (κ2) is 4.53. The molecule has 0 aromatic rings. The summed E-state index contributed by atoms with van der Waals surface area (Å²) in [4.78, 5) is 10.8. The molecule has 0 aromatic heterocycles. The maximum absolute atomic E-state index is 10.8. The highest BCUT2D eigenvalue weighted by atomic mass is 32.2. The quantitative estimate of drug-likeness (QED) is 0.734. The fraction of sp³-hybridized carbons (Fsp3) is 0.875. The molecule has 0 spiro atoms. The van der Waals surface area contributed by atoms with E-state index in [1.54, 1.807) is 0 Å². The van der Waals surface area contributed by atoms with Crippen molar-refractivity contribution in [3.05, 3.63) is 0 Å². The summed E-state index contributed by atoms with van der Waals surface area (Å²) in [5.41, 5.74) is 0. The molecule has 1 unspecified atom stereocenters. The monoisotopic (exact) mass is 238 g/mol. The van der Waals surface area contributed by atoms with Gasteiger partial charge < -0.3 is 5.11 Å². The van der Waals surface area contributed by atoms with Crippen molar-refractivity contribution in [3.63, 3.8) is 0 Å². The van der Waals surface area contributed by atoms with Gasteiger partial charge in [-0.15, -0.1) is 11.8 Å². The van der Waals surface area contributed by atoms with Gasteiger partial charge in [0, 0.05) is 12.0 Å². The Balaban J connectivity index is 2.31. The van der Waals surface area contributed by atoms with Crippen LogP contribution in [-0.4, -0.2) is 42.5 Å². The van der Waals surface area contributed by atoms with Gasteiger partial charge in [-0.1, -0.05) is 0 Å². The molecule has 1 fully saturated rings. The first kappa shape index (κ1) is 11.8. The third-order valence-corrected chi connectivity index (χ3v) is 4.63. The molecule has 1 aliphatic carbocycles. The van der Waals surface area contributed by atoms with Crippen LogP contribution in [0.5, 0.6) is 0 Å². The van der Waals surface area contributed by atoms with E-state index >= 15 is 0 Å². The minimum absolute atomic E-state index is 0.0637. The van der Waals surface area contributed by atoms with E-state index in [1.165, 1.54) is 18.0 Å². The number of carboxylic acids is 1. The van der Waals surface area contributed by atoms with Crippen LogP contribution in [0, 0.1) is 5.92 Å². The zero-order valence-electron chi connectivity index (χ0n) is 7.97. The number of thioether (sulfide) groups is 1. The highest BCUT2D eigenvalue weighted by Gasteiger charge is 2.36. The standard InChI is InChI=1S/C8H14O4S2/c1-14(11,12)5-4-13-7(8(9)10)6-2-3-6/h6-7H,2-5H2,1H3,(H,9,10). The molecule has 1 atom stereocenters. The Morgan fingerprint density at radius 3 is 2.50 bits per heavy atom.